The fourth-order valence-corrected chi connectivity index (χ4v) is 3.68. The summed E-state index contributed by atoms with van der Waals surface area (Å²) in [7, 11) is 0. The number of hydrogen-bond donors (Lipinski definition) is 3. The zero-order valence-electron chi connectivity index (χ0n) is 16.4. The number of aliphatic hydroxyl groups is 1. The molecule has 3 aromatic heterocycles. The number of nitrogens with one attached hydrogen (secondary N) is 1. The smallest absolute Gasteiger partial charge is 0.222 e. The molecule has 8 nitrogen and oxygen atoms in total. The van der Waals surface area contributed by atoms with Crippen LogP contribution in [0.15, 0.2) is 42.7 Å². The molecule has 4 N–H and O–H groups in total. The predicted molar refractivity (Wildman–Crippen MR) is 115 cm³/mol. The number of hydrogen-bond acceptors (Lipinski definition) is 7. The van der Waals surface area contributed by atoms with E-state index in [-0.39, 0.29) is 18.6 Å². The molecule has 0 amide bonds. The van der Waals surface area contributed by atoms with Crippen LogP contribution in [0, 0.1) is 0 Å². The molecular weight excluding hydrogens is 366 g/mol. The predicted octanol–water partition coefficient (Wildman–Crippen LogP) is 2.97. The highest BCUT2D eigenvalue weighted by molar-refractivity contribution is 5.87. The Bertz CT molecular complexity index is 1110. The van der Waals surface area contributed by atoms with Crippen molar-refractivity contribution in [1.29, 1.82) is 0 Å². The minimum absolute atomic E-state index is 0.102. The average Bonchev–Trinajstić information content (AvgIpc) is 3.11. The number of nitrogens with two attached hydrogens (primary N) is 1. The SMILES string of the molecule is CCC[C@@H](CCO)Nc1nc(N)nc2cnn(Cc3cccc4cccnc34)c12. The van der Waals surface area contributed by atoms with E-state index >= 15 is 0 Å². The molecule has 0 aliphatic heterocycles. The Hall–Kier alpha value is -3.26. The molecule has 0 aliphatic rings. The Morgan fingerprint density at radius 3 is 2.86 bits per heavy atom. The van der Waals surface area contributed by atoms with E-state index in [0.717, 1.165) is 34.8 Å². The van der Waals surface area contributed by atoms with Gasteiger partial charge in [-0.3, -0.25) is 9.67 Å². The van der Waals surface area contributed by atoms with E-state index in [4.69, 9.17) is 5.73 Å². The van der Waals surface area contributed by atoms with Gasteiger partial charge in [0.2, 0.25) is 5.95 Å². The van der Waals surface area contributed by atoms with Gasteiger partial charge in [0.05, 0.1) is 18.3 Å². The van der Waals surface area contributed by atoms with Crippen molar-refractivity contribution in [1.82, 2.24) is 24.7 Å². The number of anilines is 2. The lowest BCUT2D eigenvalue weighted by atomic mass is 10.1. The monoisotopic (exact) mass is 391 g/mol. The highest BCUT2D eigenvalue weighted by Gasteiger charge is 2.17. The Morgan fingerprint density at radius 2 is 2.03 bits per heavy atom. The number of nitrogens with zero attached hydrogens (tertiary/aromatic N) is 5. The van der Waals surface area contributed by atoms with Gasteiger partial charge in [-0.1, -0.05) is 37.6 Å². The van der Waals surface area contributed by atoms with Gasteiger partial charge in [-0.25, -0.2) is 4.98 Å². The van der Waals surface area contributed by atoms with E-state index in [1.807, 2.05) is 28.9 Å². The van der Waals surface area contributed by atoms with Crippen molar-refractivity contribution in [3.8, 4) is 0 Å². The molecule has 0 unspecified atom stereocenters. The van der Waals surface area contributed by atoms with Gasteiger partial charge in [0, 0.05) is 24.2 Å². The van der Waals surface area contributed by atoms with Crippen LogP contribution in [-0.2, 0) is 6.54 Å². The van der Waals surface area contributed by atoms with E-state index < -0.39 is 0 Å². The third kappa shape index (κ3) is 3.97. The van der Waals surface area contributed by atoms with Gasteiger partial charge in [0.25, 0.3) is 0 Å². The number of pyridine rings is 1. The molecule has 0 radical (unpaired) electrons. The summed E-state index contributed by atoms with van der Waals surface area (Å²) in [4.78, 5) is 13.3. The van der Waals surface area contributed by atoms with Gasteiger partial charge in [-0.05, 0) is 24.5 Å². The molecule has 29 heavy (non-hydrogen) atoms. The van der Waals surface area contributed by atoms with E-state index in [1.54, 1.807) is 12.4 Å². The standard InChI is InChI=1S/C21H25N7O/c1-2-5-16(9-11-29)25-20-19-17(26-21(22)27-20)12-24-28(19)13-15-7-3-6-14-8-4-10-23-18(14)15/h3-4,6-8,10,12,16,29H,2,5,9,11,13H2,1H3,(H3,22,25,26,27)/t16-/m0/s1. The second-order valence-electron chi connectivity index (χ2n) is 7.10. The van der Waals surface area contributed by atoms with E-state index in [1.165, 1.54) is 0 Å². The first-order chi connectivity index (χ1) is 14.2. The molecule has 0 saturated heterocycles. The molecule has 8 heteroatoms. The van der Waals surface area contributed by atoms with Crippen molar-refractivity contribution in [3.63, 3.8) is 0 Å². The molecule has 3 heterocycles. The summed E-state index contributed by atoms with van der Waals surface area (Å²) in [5, 5.41) is 18.5. The van der Waals surface area contributed by atoms with Crippen LogP contribution in [0.25, 0.3) is 21.9 Å². The zero-order chi connectivity index (χ0) is 20.2. The summed E-state index contributed by atoms with van der Waals surface area (Å²) in [6.07, 6.45) is 6.07. The van der Waals surface area contributed by atoms with Gasteiger partial charge in [0.1, 0.15) is 11.0 Å². The lowest BCUT2D eigenvalue weighted by Gasteiger charge is -2.19. The summed E-state index contributed by atoms with van der Waals surface area (Å²) in [6, 6.07) is 10.2. The fourth-order valence-electron chi connectivity index (χ4n) is 3.68. The molecule has 0 spiro atoms. The van der Waals surface area contributed by atoms with Crippen molar-refractivity contribution < 1.29 is 5.11 Å². The Balaban J connectivity index is 1.75. The quantitative estimate of drug-likeness (QED) is 0.423. The Kier molecular flexibility index (Phi) is 5.53. The summed E-state index contributed by atoms with van der Waals surface area (Å²) < 4.78 is 1.88. The summed E-state index contributed by atoms with van der Waals surface area (Å²) >= 11 is 0. The normalized spacial score (nSPS) is 12.5. The van der Waals surface area contributed by atoms with Gasteiger partial charge >= 0.3 is 0 Å². The van der Waals surface area contributed by atoms with Crippen LogP contribution in [0.3, 0.4) is 0 Å². The molecule has 0 fully saturated rings. The Morgan fingerprint density at radius 1 is 1.17 bits per heavy atom. The molecule has 4 aromatic rings. The third-order valence-corrected chi connectivity index (χ3v) is 5.00. The van der Waals surface area contributed by atoms with Gasteiger partial charge in [0.15, 0.2) is 5.82 Å². The second kappa shape index (κ2) is 8.40. The maximum Gasteiger partial charge on any atom is 0.222 e. The number of fused-ring (bicyclic) bond motifs is 2. The molecular formula is C21H25N7O. The minimum Gasteiger partial charge on any atom is -0.396 e. The molecule has 1 aromatic carbocycles. The number of benzene rings is 1. The van der Waals surface area contributed by atoms with Crippen LogP contribution in [0.5, 0.6) is 0 Å². The van der Waals surface area contributed by atoms with E-state index in [0.29, 0.717) is 24.3 Å². The van der Waals surface area contributed by atoms with Crippen LogP contribution in [0.2, 0.25) is 0 Å². The van der Waals surface area contributed by atoms with Crippen molar-refractivity contribution in [3.05, 3.63) is 48.3 Å². The largest absolute Gasteiger partial charge is 0.396 e. The summed E-state index contributed by atoms with van der Waals surface area (Å²) in [5.74, 6) is 0.843. The number of para-hydroxylation sites is 1. The Labute approximate surface area is 168 Å². The van der Waals surface area contributed by atoms with E-state index in [2.05, 4.69) is 38.4 Å². The second-order valence-corrected chi connectivity index (χ2v) is 7.10. The molecule has 4 rings (SSSR count). The first-order valence-corrected chi connectivity index (χ1v) is 9.88. The van der Waals surface area contributed by atoms with Crippen molar-refractivity contribution >= 4 is 33.7 Å². The zero-order valence-corrected chi connectivity index (χ0v) is 16.4. The average molecular weight is 391 g/mol. The molecule has 0 aliphatic carbocycles. The van der Waals surface area contributed by atoms with Crippen molar-refractivity contribution in [2.45, 2.75) is 38.8 Å². The first kappa shape index (κ1) is 19.1. The lowest BCUT2D eigenvalue weighted by molar-refractivity contribution is 0.276. The third-order valence-electron chi connectivity index (χ3n) is 5.00. The van der Waals surface area contributed by atoms with Crippen LogP contribution in [0.4, 0.5) is 11.8 Å². The molecule has 0 saturated carbocycles. The summed E-state index contributed by atoms with van der Waals surface area (Å²) in [5.41, 5.74) is 9.43. The maximum absolute atomic E-state index is 9.40. The molecule has 0 bridgehead atoms. The van der Waals surface area contributed by atoms with Gasteiger partial charge < -0.3 is 16.2 Å². The molecule has 1 atom stereocenters. The topological polar surface area (TPSA) is 115 Å². The van der Waals surface area contributed by atoms with Gasteiger partial charge in [-0.15, -0.1) is 0 Å². The number of nitrogen functional groups attached to an aromatic ring is 1. The van der Waals surface area contributed by atoms with Crippen LogP contribution < -0.4 is 11.1 Å². The van der Waals surface area contributed by atoms with Crippen LogP contribution >= 0.6 is 0 Å². The van der Waals surface area contributed by atoms with Crippen LogP contribution in [0.1, 0.15) is 31.7 Å². The molecule has 150 valence electrons. The van der Waals surface area contributed by atoms with E-state index in [9.17, 15) is 5.11 Å². The minimum atomic E-state index is 0.102. The highest BCUT2D eigenvalue weighted by Crippen LogP contribution is 2.25. The first-order valence-electron chi connectivity index (χ1n) is 9.88. The summed E-state index contributed by atoms with van der Waals surface area (Å²) in [6.45, 7) is 2.77. The number of aromatic nitrogens is 5. The lowest BCUT2D eigenvalue weighted by Crippen LogP contribution is -2.22. The fraction of sp³-hybridized carbons (Fsp3) is 0.333. The van der Waals surface area contributed by atoms with Crippen molar-refractivity contribution in [2.75, 3.05) is 17.7 Å². The maximum atomic E-state index is 9.40. The number of rotatable bonds is 8. The highest BCUT2D eigenvalue weighted by atomic mass is 16.3. The van der Waals surface area contributed by atoms with Crippen molar-refractivity contribution in [2.24, 2.45) is 0 Å². The number of aliphatic hydroxyl groups excluding tert-OH is 1. The van der Waals surface area contributed by atoms with Gasteiger partial charge in [-0.2, -0.15) is 10.1 Å². The van der Waals surface area contributed by atoms with Crippen LogP contribution in [-0.4, -0.2) is 42.5 Å².